The second-order valence-corrected chi connectivity index (χ2v) is 11.6. The highest BCUT2D eigenvalue weighted by Gasteiger charge is 2.30. The van der Waals surface area contributed by atoms with E-state index in [1.165, 1.54) is 4.90 Å². The summed E-state index contributed by atoms with van der Waals surface area (Å²) in [6, 6.07) is 12.0. The highest BCUT2D eigenvalue weighted by Crippen LogP contribution is 2.22. The zero-order valence-electron chi connectivity index (χ0n) is 20.6. The lowest BCUT2D eigenvalue weighted by Gasteiger charge is -2.32. The fraction of sp³-hybridized carbons (Fsp3) is 0.440. The molecule has 0 aliphatic carbocycles. The summed E-state index contributed by atoms with van der Waals surface area (Å²) in [5, 5.41) is 2.92. The van der Waals surface area contributed by atoms with E-state index in [9.17, 15) is 18.0 Å². The number of hydrogen-bond donors (Lipinski definition) is 1. The van der Waals surface area contributed by atoms with Crippen molar-refractivity contribution in [1.29, 1.82) is 0 Å². The van der Waals surface area contributed by atoms with E-state index in [4.69, 9.17) is 0 Å². The molecule has 2 aromatic rings. The fourth-order valence-corrected chi connectivity index (χ4v) is 4.87. The molecule has 1 N–H and O–H groups in total. The van der Waals surface area contributed by atoms with Crippen LogP contribution >= 0.6 is 15.9 Å². The van der Waals surface area contributed by atoms with Crippen molar-refractivity contribution >= 4 is 43.5 Å². The normalized spacial score (nSPS) is 13.1. The van der Waals surface area contributed by atoms with Crippen LogP contribution < -0.4 is 9.62 Å². The zero-order chi connectivity index (χ0) is 25.6. The highest BCUT2D eigenvalue weighted by molar-refractivity contribution is 9.10. The molecule has 0 unspecified atom stereocenters. The van der Waals surface area contributed by atoms with Crippen molar-refractivity contribution in [1.82, 2.24) is 10.2 Å². The molecule has 7 nitrogen and oxygen atoms in total. The lowest BCUT2D eigenvalue weighted by atomic mass is 10.1. The minimum absolute atomic E-state index is 0.0411. The van der Waals surface area contributed by atoms with Crippen LogP contribution in [0.25, 0.3) is 0 Å². The van der Waals surface area contributed by atoms with Crippen molar-refractivity contribution in [3.05, 3.63) is 63.6 Å². The van der Waals surface area contributed by atoms with E-state index in [1.54, 1.807) is 19.1 Å². The summed E-state index contributed by atoms with van der Waals surface area (Å²) in [5.41, 5.74) is 3.03. The monoisotopic (exact) mass is 551 g/mol. The lowest BCUT2D eigenvalue weighted by Crippen LogP contribution is -2.52. The van der Waals surface area contributed by atoms with Gasteiger partial charge in [-0.15, -0.1) is 0 Å². The molecule has 0 saturated carbocycles. The summed E-state index contributed by atoms with van der Waals surface area (Å²) < 4.78 is 27.3. The van der Waals surface area contributed by atoms with Gasteiger partial charge in [-0.25, -0.2) is 8.42 Å². The molecule has 2 aromatic carbocycles. The molecule has 0 spiro atoms. The molecular weight excluding hydrogens is 518 g/mol. The summed E-state index contributed by atoms with van der Waals surface area (Å²) in [6.07, 6.45) is 1.84. The molecule has 0 radical (unpaired) electrons. The Hall–Kier alpha value is -2.39. The predicted octanol–water partition coefficient (Wildman–Crippen LogP) is 4.16. The minimum Gasteiger partial charge on any atom is -0.352 e. The van der Waals surface area contributed by atoms with E-state index < -0.39 is 28.5 Å². The summed E-state index contributed by atoms with van der Waals surface area (Å²) in [5.74, 6) is -0.744. The van der Waals surface area contributed by atoms with Gasteiger partial charge in [0, 0.05) is 17.1 Å². The first-order valence-corrected chi connectivity index (χ1v) is 13.9. The number of aryl methyl sites for hydroxylation is 2. The first-order valence-electron chi connectivity index (χ1n) is 11.2. The van der Waals surface area contributed by atoms with Crippen molar-refractivity contribution in [2.45, 2.75) is 59.7 Å². The van der Waals surface area contributed by atoms with E-state index in [0.717, 1.165) is 38.1 Å². The second kappa shape index (κ2) is 11.8. The van der Waals surface area contributed by atoms with Gasteiger partial charge in [0.15, 0.2) is 0 Å². The van der Waals surface area contributed by atoms with Crippen LogP contribution in [-0.2, 0) is 26.2 Å². The Bertz CT molecular complexity index is 1120. The quantitative estimate of drug-likeness (QED) is 0.480. The number of benzene rings is 2. The summed E-state index contributed by atoms with van der Waals surface area (Å²) >= 11 is 3.44. The van der Waals surface area contributed by atoms with E-state index in [-0.39, 0.29) is 18.5 Å². The van der Waals surface area contributed by atoms with E-state index in [1.807, 2.05) is 58.0 Å². The SMILES string of the molecule is CC[C@@H](C)NC(=O)[C@@H](C)N(Cc1cccc(Br)c1)C(=O)CN(c1cc(C)cc(C)c1)S(C)(=O)=O. The van der Waals surface area contributed by atoms with Gasteiger partial charge in [-0.2, -0.15) is 0 Å². The molecule has 0 fully saturated rings. The molecule has 2 amide bonds. The van der Waals surface area contributed by atoms with E-state index >= 15 is 0 Å². The van der Waals surface area contributed by atoms with Gasteiger partial charge < -0.3 is 10.2 Å². The molecule has 186 valence electrons. The Kier molecular flexibility index (Phi) is 9.70. The maximum absolute atomic E-state index is 13.6. The minimum atomic E-state index is -3.75. The molecule has 0 aliphatic rings. The molecule has 2 rings (SSSR count). The number of anilines is 1. The van der Waals surface area contributed by atoms with Crippen molar-refractivity contribution in [2.24, 2.45) is 0 Å². The van der Waals surface area contributed by atoms with Crippen molar-refractivity contribution in [2.75, 3.05) is 17.1 Å². The smallest absolute Gasteiger partial charge is 0.244 e. The molecule has 0 aromatic heterocycles. The third-order valence-electron chi connectivity index (χ3n) is 5.58. The lowest BCUT2D eigenvalue weighted by molar-refractivity contribution is -0.139. The average molecular weight is 553 g/mol. The number of halogens is 1. The number of nitrogens with one attached hydrogen (secondary N) is 1. The Balaban J connectivity index is 2.42. The van der Waals surface area contributed by atoms with Crippen molar-refractivity contribution in [3.63, 3.8) is 0 Å². The third-order valence-corrected chi connectivity index (χ3v) is 7.22. The van der Waals surface area contributed by atoms with Crippen LogP contribution in [0.3, 0.4) is 0 Å². The summed E-state index contributed by atoms with van der Waals surface area (Å²) in [7, 11) is -3.75. The molecule has 0 aliphatic heterocycles. The molecule has 34 heavy (non-hydrogen) atoms. The fourth-order valence-electron chi connectivity index (χ4n) is 3.59. The largest absolute Gasteiger partial charge is 0.352 e. The average Bonchev–Trinajstić information content (AvgIpc) is 2.73. The molecular formula is C25H34BrN3O4S. The summed E-state index contributed by atoms with van der Waals surface area (Å²) in [4.78, 5) is 27.9. The second-order valence-electron chi connectivity index (χ2n) is 8.76. The van der Waals surface area contributed by atoms with Gasteiger partial charge in [-0.3, -0.25) is 13.9 Å². The van der Waals surface area contributed by atoms with Crippen LogP contribution in [0, 0.1) is 13.8 Å². The van der Waals surface area contributed by atoms with E-state index in [2.05, 4.69) is 21.2 Å². The zero-order valence-corrected chi connectivity index (χ0v) is 23.0. The number of hydrogen-bond acceptors (Lipinski definition) is 4. The first kappa shape index (κ1) is 27.9. The standard InChI is InChI=1S/C25H34BrN3O4S/c1-7-19(4)27-25(31)20(5)28(15-21-9-8-10-22(26)14-21)24(30)16-29(34(6,32)33)23-12-17(2)11-18(3)13-23/h8-14,19-20H,7,15-16H2,1-6H3,(H,27,31)/t19-,20-/m1/s1. The maximum atomic E-state index is 13.6. The Morgan fingerprint density at radius 1 is 1.06 bits per heavy atom. The predicted molar refractivity (Wildman–Crippen MR) is 140 cm³/mol. The molecule has 2 atom stereocenters. The van der Waals surface area contributed by atoms with Gasteiger partial charge in [0.25, 0.3) is 0 Å². The Morgan fingerprint density at radius 3 is 2.21 bits per heavy atom. The van der Waals surface area contributed by atoms with Crippen molar-refractivity contribution < 1.29 is 18.0 Å². The van der Waals surface area contributed by atoms with Crippen LogP contribution in [0.5, 0.6) is 0 Å². The number of sulfonamides is 1. The molecule has 0 saturated heterocycles. The van der Waals surface area contributed by atoms with Gasteiger partial charge in [0.1, 0.15) is 12.6 Å². The molecule has 9 heteroatoms. The Labute approximate surface area is 211 Å². The van der Waals surface area contributed by atoms with E-state index in [0.29, 0.717) is 5.69 Å². The number of rotatable bonds is 10. The van der Waals surface area contributed by atoms with Crippen molar-refractivity contribution in [3.8, 4) is 0 Å². The van der Waals surface area contributed by atoms with Crippen LogP contribution in [0.4, 0.5) is 5.69 Å². The number of amides is 2. The van der Waals surface area contributed by atoms with Gasteiger partial charge in [0.2, 0.25) is 21.8 Å². The number of carbonyl (C=O) groups excluding carboxylic acids is 2. The summed E-state index contributed by atoms with van der Waals surface area (Å²) in [6.45, 7) is 9.04. The maximum Gasteiger partial charge on any atom is 0.244 e. The topological polar surface area (TPSA) is 86.8 Å². The number of nitrogens with zero attached hydrogens (tertiary/aromatic N) is 2. The molecule has 0 bridgehead atoms. The highest BCUT2D eigenvalue weighted by atomic mass is 79.9. The third kappa shape index (κ3) is 7.84. The van der Waals surface area contributed by atoms with Crippen LogP contribution in [0.15, 0.2) is 46.9 Å². The van der Waals surface area contributed by atoms with Gasteiger partial charge in [-0.05, 0) is 75.1 Å². The molecule has 0 heterocycles. The number of carbonyl (C=O) groups is 2. The van der Waals surface area contributed by atoms with Gasteiger partial charge in [-0.1, -0.05) is 41.1 Å². The Morgan fingerprint density at radius 2 is 1.68 bits per heavy atom. The first-order chi connectivity index (χ1) is 15.8. The van der Waals surface area contributed by atoms with Gasteiger partial charge in [0.05, 0.1) is 11.9 Å². The van der Waals surface area contributed by atoms with Gasteiger partial charge >= 0.3 is 0 Å². The van der Waals surface area contributed by atoms with Crippen LogP contribution in [-0.4, -0.2) is 50.0 Å². The van der Waals surface area contributed by atoms with Crippen LogP contribution in [0.1, 0.15) is 43.9 Å². The van der Waals surface area contributed by atoms with Crippen LogP contribution in [0.2, 0.25) is 0 Å².